The first-order chi connectivity index (χ1) is 8.65. The third kappa shape index (κ3) is 3.50. The number of nitrogens with zero attached hydrogens (tertiary/aromatic N) is 2. The van der Waals surface area contributed by atoms with Crippen molar-refractivity contribution in [3.63, 3.8) is 0 Å². The molecule has 1 amide bonds. The van der Waals surface area contributed by atoms with E-state index >= 15 is 0 Å². The number of amides is 1. The molecule has 2 rings (SSSR count). The van der Waals surface area contributed by atoms with Gasteiger partial charge in [0.25, 0.3) is 0 Å². The summed E-state index contributed by atoms with van der Waals surface area (Å²) >= 11 is 5.68. The summed E-state index contributed by atoms with van der Waals surface area (Å²) in [5.41, 5.74) is 0. The SMILES string of the molecule is O=C(O)N1CCC(COc2ccc(Cl)nc2)CC1. The van der Waals surface area contributed by atoms with E-state index in [1.807, 2.05) is 0 Å². The average molecular weight is 271 g/mol. The van der Waals surface area contributed by atoms with E-state index in [2.05, 4.69) is 4.98 Å². The van der Waals surface area contributed by atoms with Crippen molar-refractivity contribution < 1.29 is 14.6 Å². The molecule has 1 aliphatic heterocycles. The highest BCUT2D eigenvalue weighted by atomic mass is 35.5. The Balaban J connectivity index is 1.75. The lowest BCUT2D eigenvalue weighted by Crippen LogP contribution is -2.38. The van der Waals surface area contributed by atoms with E-state index < -0.39 is 6.09 Å². The van der Waals surface area contributed by atoms with Crippen molar-refractivity contribution in [3.05, 3.63) is 23.5 Å². The summed E-state index contributed by atoms with van der Waals surface area (Å²) in [6.45, 7) is 1.77. The van der Waals surface area contributed by atoms with Crippen LogP contribution in [0.4, 0.5) is 4.79 Å². The van der Waals surface area contributed by atoms with Crippen LogP contribution >= 0.6 is 11.6 Å². The van der Waals surface area contributed by atoms with E-state index in [0.717, 1.165) is 12.8 Å². The fourth-order valence-corrected chi connectivity index (χ4v) is 2.06. The molecule has 0 atom stereocenters. The summed E-state index contributed by atoms with van der Waals surface area (Å²) in [6, 6.07) is 3.46. The molecule has 0 radical (unpaired) electrons. The van der Waals surface area contributed by atoms with Crippen molar-refractivity contribution in [3.8, 4) is 5.75 Å². The maximum absolute atomic E-state index is 10.7. The minimum atomic E-state index is -0.837. The van der Waals surface area contributed by atoms with Crippen LogP contribution in [0.5, 0.6) is 5.75 Å². The molecule has 1 aromatic heterocycles. The molecule has 1 aliphatic rings. The molecule has 0 saturated carbocycles. The predicted molar refractivity (Wildman–Crippen MR) is 67.1 cm³/mol. The Bertz CT molecular complexity index is 402. The van der Waals surface area contributed by atoms with Crippen LogP contribution in [0.2, 0.25) is 5.15 Å². The lowest BCUT2D eigenvalue weighted by atomic mass is 9.98. The Hall–Kier alpha value is -1.49. The highest BCUT2D eigenvalue weighted by molar-refractivity contribution is 6.29. The monoisotopic (exact) mass is 270 g/mol. The molecule has 0 spiro atoms. The van der Waals surface area contributed by atoms with E-state index in [0.29, 0.717) is 36.5 Å². The van der Waals surface area contributed by atoms with Crippen LogP contribution in [-0.4, -0.2) is 40.8 Å². The van der Waals surface area contributed by atoms with Crippen LogP contribution in [-0.2, 0) is 0 Å². The highest BCUT2D eigenvalue weighted by Gasteiger charge is 2.22. The second-order valence-corrected chi connectivity index (χ2v) is 4.73. The van der Waals surface area contributed by atoms with Gasteiger partial charge in [-0.2, -0.15) is 0 Å². The maximum atomic E-state index is 10.7. The Morgan fingerprint density at radius 2 is 2.22 bits per heavy atom. The largest absolute Gasteiger partial charge is 0.492 e. The number of ether oxygens (including phenoxy) is 1. The lowest BCUT2D eigenvalue weighted by Gasteiger charge is -2.29. The topological polar surface area (TPSA) is 62.7 Å². The number of hydrogen-bond donors (Lipinski definition) is 1. The van der Waals surface area contributed by atoms with E-state index in [-0.39, 0.29) is 0 Å². The van der Waals surface area contributed by atoms with Crippen LogP contribution in [0.3, 0.4) is 0 Å². The molecular weight excluding hydrogens is 256 g/mol. The number of carbonyl (C=O) groups is 1. The van der Waals surface area contributed by atoms with Crippen molar-refractivity contribution in [2.75, 3.05) is 19.7 Å². The van der Waals surface area contributed by atoms with Crippen molar-refractivity contribution in [2.24, 2.45) is 5.92 Å². The lowest BCUT2D eigenvalue weighted by molar-refractivity contribution is 0.111. The smallest absolute Gasteiger partial charge is 0.407 e. The van der Waals surface area contributed by atoms with Gasteiger partial charge >= 0.3 is 6.09 Å². The highest BCUT2D eigenvalue weighted by Crippen LogP contribution is 2.19. The normalized spacial score (nSPS) is 16.6. The van der Waals surface area contributed by atoms with Crippen LogP contribution in [0, 0.1) is 5.92 Å². The van der Waals surface area contributed by atoms with Crippen LogP contribution in [0.15, 0.2) is 18.3 Å². The average Bonchev–Trinajstić information content (AvgIpc) is 2.38. The van der Waals surface area contributed by atoms with Gasteiger partial charge in [-0.1, -0.05) is 11.6 Å². The zero-order chi connectivity index (χ0) is 13.0. The first-order valence-electron chi connectivity index (χ1n) is 5.87. The minimum Gasteiger partial charge on any atom is -0.492 e. The molecular formula is C12H15ClN2O3. The summed E-state index contributed by atoms with van der Waals surface area (Å²) in [4.78, 5) is 16.1. The molecule has 1 saturated heterocycles. The summed E-state index contributed by atoms with van der Waals surface area (Å²) in [7, 11) is 0. The van der Waals surface area contributed by atoms with Gasteiger partial charge in [-0.05, 0) is 30.9 Å². The van der Waals surface area contributed by atoms with Gasteiger partial charge in [0.05, 0.1) is 12.8 Å². The zero-order valence-electron chi connectivity index (χ0n) is 9.88. The molecule has 1 N–H and O–H groups in total. The number of piperidine rings is 1. The van der Waals surface area contributed by atoms with Crippen LogP contribution in [0.1, 0.15) is 12.8 Å². The number of pyridine rings is 1. The van der Waals surface area contributed by atoms with Gasteiger partial charge in [0.1, 0.15) is 10.9 Å². The van der Waals surface area contributed by atoms with Crippen LogP contribution in [0.25, 0.3) is 0 Å². The third-order valence-electron chi connectivity index (χ3n) is 3.07. The number of aromatic nitrogens is 1. The van der Waals surface area contributed by atoms with Gasteiger partial charge < -0.3 is 14.7 Å². The van der Waals surface area contributed by atoms with E-state index in [1.54, 1.807) is 18.3 Å². The van der Waals surface area contributed by atoms with Gasteiger partial charge in [0.2, 0.25) is 0 Å². The van der Waals surface area contributed by atoms with E-state index in [4.69, 9.17) is 21.4 Å². The van der Waals surface area contributed by atoms with Gasteiger partial charge in [0.15, 0.2) is 0 Å². The zero-order valence-corrected chi connectivity index (χ0v) is 10.6. The quantitative estimate of drug-likeness (QED) is 0.857. The van der Waals surface area contributed by atoms with Gasteiger partial charge in [-0.15, -0.1) is 0 Å². The number of hydrogen-bond acceptors (Lipinski definition) is 3. The second-order valence-electron chi connectivity index (χ2n) is 4.34. The van der Waals surface area contributed by atoms with Crippen molar-refractivity contribution in [2.45, 2.75) is 12.8 Å². The van der Waals surface area contributed by atoms with Crippen molar-refractivity contribution >= 4 is 17.7 Å². The number of rotatable bonds is 3. The fourth-order valence-electron chi connectivity index (χ4n) is 1.95. The molecule has 1 fully saturated rings. The molecule has 18 heavy (non-hydrogen) atoms. The molecule has 98 valence electrons. The number of halogens is 1. The van der Waals surface area contributed by atoms with E-state index in [9.17, 15) is 4.79 Å². The van der Waals surface area contributed by atoms with Crippen molar-refractivity contribution in [1.29, 1.82) is 0 Å². The second kappa shape index (κ2) is 5.91. The Labute approximate surface area is 110 Å². The molecule has 2 heterocycles. The summed E-state index contributed by atoms with van der Waals surface area (Å²) in [6.07, 6.45) is 2.44. The maximum Gasteiger partial charge on any atom is 0.407 e. The Kier molecular flexibility index (Phi) is 4.25. The number of likely N-dealkylation sites (tertiary alicyclic amines) is 1. The first kappa shape index (κ1) is 13.0. The summed E-state index contributed by atoms with van der Waals surface area (Å²) in [5, 5.41) is 9.27. The molecule has 6 heteroatoms. The minimum absolute atomic E-state index is 0.399. The van der Waals surface area contributed by atoms with Crippen molar-refractivity contribution in [1.82, 2.24) is 9.88 Å². The van der Waals surface area contributed by atoms with Crippen LogP contribution < -0.4 is 4.74 Å². The molecule has 1 aromatic rings. The first-order valence-corrected chi connectivity index (χ1v) is 6.25. The predicted octanol–water partition coefficient (Wildman–Crippen LogP) is 2.50. The fraction of sp³-hybridized carbons (Fsp3) is 0.500. The molecule has 0 unspecified atom stereocenters. The molecule has 0 aliphatic carbocycles. The number of carboxylic acid groups (broad SMARTS) is 1. The van der Waals surface area contributed by atoms with Gasteiger partial charge in [0, 0.05) is 13.1 Å². The standard InChI is InChI=1S/C12H15ClN2O3/c13-11-2-1-10(7-14-11)18-8-9-3-5-15(6-4-9)12(16)17/h1-2,7,9H,3-6,8H2,(H,16,17). The third-order valence-corrected chi connectivity index (χ3v) is 3.29. The van der Waals surface area contributed by atoms with Gasteiger partial charge in [-0.25, -0.2) is 9.78 Å². The van der Waals surface area contributed by atoms with Gasteiger partial charge in [-0.3, -0.25) is 0 Å². The van der Waals surface area contributed by atoms with E-state index in [1.165, 1.54) is 4.90 Å². The summed E-state index contributed by atoms with van der Waals surface area (Å²) < 4.78 is 5.61. The molecule has 0 bridgehead atoms. The summed E-state index contributed by atoms with van der Waals surface area (Å²) in [5.74, 6) is 1.09. The molecule has 5 nitrogen and oxygen atoms in total. The Morgan fingerprint density at radius 3 is 2.78 bits per heavy atom. The Morgan fingerprint density at radius 1 is 1.50 bits per heavy atom. The molecule has 0 aromatic carbocycles.